The van der Waals surface area contributed by atoms with Gasteiger partial charge in [0, 0.05) is 40.4 Å². The fourth-order valence-corrected chi connectivity index (χ4v) is 6.60. The third kappa shape index (κ3) is 5.47. The van der Waals surface area contributed by atoms with Crippen molar-refractivity contribution in [2.45, 2.75) is 53.9 Å². The monoisotopic (exact) mass is 604 g/mol. The largest absolute Gasteiger partial charge is 0.457 e. The van der Waals surface area contributed by atoms with E-state index in [9.17, 15) is 0 Å². The Morgan fingerprint density at radius 3 is 2.30 bits per heavy atom. The van der Waals surface area contributed by atoms with E-state index in [0.29, 0.717) is 11.8 Å². The van der Waals surface area contributed by atoms with Crippen molar-refractivity contribution in [1.82, 2.24) is 19.3 Å². The average molecular weight is 605 g/mol. The summed E-state index contributed by atoms with van der Waals surface area (Å²) in [6.45, 7) is 13.2. The van der Waals surface area contributed by atoms with Crippen LogP contribution in [0.4, 0.5) is 0 Å². The van der Waals surface area contributed by atoms with Crippen molar-refractivity contribution in [3.8, 4) is 34.1 Å². The lowest BCUT2D eigenvalue weighted by Gasteiger charge is -2.12. The van der Waals surface area contributed by atoms with E-state index in [0.717, 1.165) is 57.4 Å². The summed E-state index contributed by atoms with van der Waals surface area (Å²) in [4.78, 5) is 4.86. The Bertz CT molecular complexity index is 2190. The van der Waals surface area contributed by atoms with Crippen molar-refractivity contribution in [1.29, 1.82) is 0 Å². The van der Waals surface area contributed by atoms with Gasteiger partial charge in [-0.25, -0.2) is 9.67 Å². The van der Waals surface area contributed by atoms with E-state index in [4.69, 9.17) is 14.8 Å². The van der Waals surface area contributed by atoms with Gasteiger partial charge in [-0.2, -0.15) is 5.10 Å². The molecule has 0 fully saturated rings. The Balaban J connectivity index is 1.30. The van der Waals surface area contributed by atoms with Gasteiger partial charge in [0.1, 0.15) is 17.3 Å². The van der Waals surface area contributed by atoms with Crippen LogP contribution in [0.1, 0.15) is 56.1 Å². The molecule has 0 saturated heterocycles. The van der Waals surface area contributed by atoms with Crippen molar-refractivity contribution >= 4 is 21.8 Å². The molecule has 0 aliphatic heterocycles. The fourth-order valence-electron chi connectivity index (χ4n) is 6.60. The van der Waals surface area contributed by atoms with Crippen LogP contribution < -0.4 is 4.74 Å². The second-order valence-corrected chi connectivity index (χ2v) is 13.0. The van der Waals surface area contributed by atoms with Gasteiger partial charge in [-0.05, 0) is 97.3 Å². The van der Waals surface area contributed by atoms with Gasteiger partial charge in [0.15, 0.2) is 0 Å². The highest BCUT2D eigenvalue weighted by Gasteiger charge is 2.18. The number of rotatable bonds is 8. The number of aromatic nitrogens is 4. The minimum absolute atomic E-state index is 0.441. The van der Waals surface area contributed by atoms with Crippen molar-refractivity contribution in [3.63, 3.8) is 0 Å². The highest BCUT2D eigenvalue weighted by Crippen LogP contribution is 2.37. The van der Waals surface area contributed by atoms with Crippen LogP contribution in [0.2, 0.25) is 0 Å². The molecular formula is C41H40N4O. The maximum atomic E-state index is 6.56. The SMILES string of the molecule is Cc1nn(-c2cccc(Oc3ccc4c5cc(C(C)C)ccc5n(-c5cc(CC(C)C)ccn5)c4c3)c2)c(C)c1-c1ccccc1. The molecule has 3 aromatic heterocycles. The molecule has 7 rings (SSSR count). The van der Waals surface area contributed by atoms with E-state index in [1.165, 1.54) is 27.5 Å². The Hall–Kier alpha value is -5.16. The van der Waals surface area contributed by atoms with Gasteiger partial charge in [-0.3, -0.25) is 4.57 Å². The third-order valence-electron chi connectivity index (χ3n) is 8.76. The summed E-state index contributed by atoms with van der Waals surface area (Å²) in [5, 5.41) is 7.32. The molecule has 0 bridgehead atoms. The molecule has 0 amide bonds. The second kappa shape index (κ2) is 12.0. The molecule has 0 spiro atoms. The number of benzene rings is 4. The molecule has 4 aromatic carbocycles. The number of aryl methyl sites for hydroxylation is 1. The lowest BCUT2D eigenvalue weighted by Crippen LogP contribution is -2.01. The predicted octanol–water partition coefficient (Wildman–Crippen LogP) is 10.8. The van der Waals surface area contributed by atoms with Gasteiger partial charge in [-0.15, -0.1) is 0 Å². The molecule has 0 radical (unpaired) electrons. The summed E-state index contributed by atoms with van der Waals surface area (Å²) in [6, 6.07) is 36.2. The molecule has 0 saturated carbocycles. The molecule has 5 nitrogen and oxygen atoms in total. The van der Waals surface area contributed by atoms with Gasteiger partial charge in [0.2, 0.25) is 0 Å². The van der Waals surface area contributed by atoms with Crippen LogP contribution in [0, 0.1) is 19.8 Å². The summed E-state index contributed by atoms with van der Waals surface area (Å²) in [5.41, 5.74) is 10.2. The van der Waals surface area contributed by atoms with E-state index in [1.54, 1.807) is 0 Å². The van der Waals surface area contributed by atoms with Crippen LogP contribution in [0.25, 0.3) is 44.4 Å². The van der Waals surface area contributed by atoms with Crippen LogP contribution in [0.15, 0.2) is 109 Å². The molecule has 230 valence electrons. The number of pyridine rings is 1. The molecule has 46 heavy (non-hydrogen) atoms. The van der Waals surface area contributed by atoms with Crippen LogP contribution in [0.5, 0.6) is 11.5 Å². The molecule has 0 aliphatic carbocycles. The quantitative estimate of drug-likeness (QED) is 0.173. The third-order valence-corrected chi connectivity index (χ3v) is 8.76. The van der Waals surface area contributed by atoms with Gasteiger partial charge in [-0.1, -0.05) is 70.2 Å². The smallest absolute Gasteiger partial charge is 0.137 e. The Morgan fingerprint density at radius 2 is 1.52 bits per heavy atom. The van der Waals surface area contributed by atoms with E-state index in [-0.39, 0.29) is 0 Å². The van der Waals surface area contributed by atoms with Crippen molar-refractivity contribution in [3.05, 3.63) is 132 Å². The molecular weight excluding hydrogens is 564 g/mol. The number of hydrogen-bond donors (Lipinski definition) is 0. The van der Waals surface area contributed by atoms with Gasteiger partial charge in [0.05, 0.1) is 22.4 Å². The first-order valence-electron chi connectivity index (χ1n) is 16.2. The zero-order chi connectivity index (χ0) is 31.9. The van der Waals surface area contributed by atoms with Gasteiger partial charge >= 0.3 is 0 Å². The summed E-state index contributed by atoms with van der Waals surface area (Å²) in [6.07, 6.45) is 2.94. The van der Waals surface area contributed by atoms with Crippen LogP contribution in [-0.2, 0) is 6.42 Å². The number of hydrogen-bond acceptors (Lipinski definition) is 3. The normalized spacial score (nSPS) is 11.7. The first-order chi connectivity index (χ1) is 22.3. The van der Waals surface area contributed by atoms with Crippen molar-refractivity contribution in [2.75, 3.05) is 0 Å². The lowest BCUT2D eigenvalue weighted by atomic mass is 10.0. The first-order valence-corrected chi connectivity index (χ1v) is 16.2. The second-order valence-electron chi connectivity index (χ2n) is 13.0. The summed E-state index contributed by atoms with van der Waals surface area (Å²) in [7, 11) is 0. The minimum Gasteiger partial charge on any atom is -0.457 e. The standard InChI is InChI=1S/C41H40N4O/c1-26(2)21-30-19-20-42-40(22-30)44-38-18-15-32(27(3)4)23-37(38)36-17-16-35(25-39(36)44)46-34-14-10-13-33(24-34)45-29(6)41(28(5)43-45)31-11-8-7-9-12-31/h7-20,22-27H,21H2,1-6H3. The summed E-state index contributed by atoms with van der Waals surface area (Å²) < 4.78 is 10.8. The highest BCUT2D eigenvalue weighted by atomic mass is 16.5. The zero-order valence-electron chi connectivity index (χ0n) is 27.5. The molecule has 3 heterocycles. The molecule has 0 atom stereocenters. The van der Waals surface area contributed by atoms with Crippen LogP contribution in [-0.4, -0.2) is 19.3 Å². The summed E-state index contributed by atoms with van der Waals surface area (Å²) in [5.74, 6) is 3.46. The Kier molecular flexibility index (Phi) is 7.69. The lowest BCUT2D eigenvalue weighted by molar-refractivity contribution is 0.482. The number of nitrogens with zero attached hydrogens (tertiary/aromatic N) is 4. The van der Waals surface area contributed by atoms with E-state index in [2.05, 4.69) is 131 Å². The highest BCUT2D eigenvalue weighted by molar-refractivity contribution is 6.09. The van der Waals surface area contributed by atoms with Crippen LogP contribution in [0.3, 0.4) is 0 Å². The Morgan fingerprint density at radius 1 is 0.717 bits per heavy atom. The first kappa shape index (κ1) is 29.5. The van der Waals surface area contributed by atoms with Crippen molar-refractivity contribution < 1.29 is 4.74 Å². The topological polar surface area (TPSA) is 44.9 Å². The minimum atomic E-state index is 0.441. The predicted molar refractivity (Wildman–Crippen MR) is 190 cm³/mol. The molecule has 7 aromatic rings. The zero-order valence-corrected chi connectivity index (χ0v) is 27.5. The molecule has 0 aliphatic rings. The molecule has 0 N–H and O–H groups in total. The molecule has 0 unspecified atom stereocenters. The summed E-state index contributed by atoms with van der Waals surface area (Å²) >= 11 is 0. The fraction of sp³-hybridized carbons (Fsp3) is 0.220. The number of fused-ring (bicyclic) bond motifs is 3. The van der Waals surface area contributed by atoms with E-state index in [1.807, 2.05) is 29.1 Å². The van der Waals surface area contributed by atoms with Crippen molar-refractivity contribution in [2.24, 2.45) is 5.92 Å². The van der Waals surface area contributed by atoms with Gasteiger partial charge in [0.25, 0.3) is 0 Å². The van der Waals surface area contributed by atoms with Gasteiger partial charge < -0.3 is 4.74 Å². The maximum Gasteiger partial charge on any atom is 0.137 e. The maximum absolute atomic E-state index is 6.56. The van der Waals surface area contributed by atoms with E-state index >= 15 is 0 Å². The molecule has 5 heteroatoms. The van der Waals surface area contributed by atoms with E-state index < -0.39 is 0 Å². The number of ether oxygens (including phenoxy) is 1. The van der Waals surface area contributed by atoms with Crippen LogP contribution >= 0.6 is 0 Å². The average Bonchev–Trinajstić information content (AvgIpc) is 3.53. The Labute approximate surface area is 271 Å².